The van der Waals surface area contributed by atoms with E-state index in [1.807, 2.05) is 13.0 Å². The Bertz CT molecular complexity index is 649. The first-order chi connectivity index (χ1) is 9.34. The molecule has 0 unspecified atom stereocenters. The normalized spacial score (nSPS) is 11.8. The minimum absolute atomic E-state index is 0.411. The highest BCUT2D eigenvalue weighted by Crippen LogP contribution is 2.35. The van der Waals surface area contributed by atoms with Crippen LogP contribution in [0.4, 0.5) is 13.2 Å². The second kappa shape index (κ2) is 5.61. The molecule has 0 saturated carbocycles. The molecule has 0 fully saturated rings. The van der Waals surface area contributed by atoms with E-state index in [1.54, 1.807) is 11.4 Å². The van der Waals surface area contributed by atoms with E-state index in [2.05, 4.69) is 4.74 Å². The standard InChI is InChI=1S/C13H10ClF3O2S/c1-2-7-3-4-9(14)11-10(7)8(6-20-11)5-19-12(18)13(15,16)17/h3-4,6H,2,5H2,1H3. The third-order valence-corrected chi connectivity index (χ3v) is 4.30. The lowest BCUT2D eigenvalue weighted by Gasteiger charge is -2.08. The van der Waals surface area contributed by atoms with E-state index in [4.69, 9.17) is 11.6 Å². The van der Waals surface area contributed by atoms with Crippen LogP contribution in [0.25, 0.3) is 10.1 Å². The van der Waals surface area contributed by atoms with Gasteiger partial charge in [0.05, 0.1) is 9.72 Å². The van der Waals surface area contributed by atoms with Gasteiger partial charge >= 0.3 is 12.1 Å². The third-order valence-electron chi connectivity index (χ3n) is 2.81. The largest absolute Gasteiger partial charge is 0.490 e. The summed E-state index contributed by atoms with van der Waals surface area (Å²) in [7, 11) is 0. The zero-order valence-corrected chi connectivity index (χ0v) is 12.0. The van der Waals surface area contributed by atoms with Gasteiger partial charge in [0.1, 0.15) is 6.61 Å². The molecule has 0 saturated heterocycles. The van der Waals surface area contributed by atoms with Crippen molar-refractivity contribution in [2.24, 2.45) is 0 Å². The van der Waals surface area contributed by atoms with Crippen molar-refractivity contribution in [2.75, 3.05) is 0 Å². The van der Waals surface area contributed by atoms with Crippen molar-refractivity contribution >= 4 is 39.0 Å². The highest BCUT2D eigenvalue weighted by molar-refractivity contribution is 7.18. The number of benzene rings is 1. The van der Waals surface area contributed by atoms with E-state index in [0.717, 1.165) is 15.6 Å². The molecule has 1 aromatic heterocycles. The molecule has 0 aliphatic rings. The minimum atomic E-state index is -4.98. The number of ether oxygens (including phenoxy) is 1. The van der Waals surface area contributed by atoms with Gasteiger partial charge in [-0.05, 0) is 23.4 Å². The SMILES string of the molecule is CCc1ccc(Cl)c2scc(COC(=O)C(F)(F)F)c12. The van der Waals surface area contributed by atoms with Crippen LogP contribution in [-0.4, -0.2) is 12.1 Å². The number of hydrogen-bond donors (Lipinski definition) is 0. The number of rotatable bonds is 3. The van der Waals surface area contributed by atoms with Crippen LogP contribution in [0, 0.1) is 0 Å². The van der Waals surface area contributed by atoms with Crippen molar-refractivity contribution in [3.63, 3.8) is 0 Å². The van der Waals surface area contributed by atoms with Gasteiger partial charge in [0.15, 0.2) is 0 Å². The highest BCUT2D eigenvalue weighted by atomic mass is 35.5. The molecular formula is C13H10ClF3O2S. The fourth-order valence-electron chi connectivity index (χ4n) is 1.88. The van der Waals surface area contributed by atoms with Gasteiger partial charge in [-0.15, -0.1) is 11.3 Å². The van der Waals surface area contributed by atoms with Crippen molar-refractivity contribution in [1.82, 2.24) is 0 Å². The lowest BCUT2D eigenvalue weighted by atomic mass is 10.0. The molecule has 2 aromatic rings. The number of esters is 1. The second-order valence-electron chi connectivity index (χ2n) is 4.10. The molecule has 0 aliphatic carbocycles. The van der Waals surface area contributed by atoms with Gasteiger partial charge in [0.2, 0.25) is 0 Å². The monoisotopic (exact) mass is 322 g/mol. The van der Waals surface area contributed by atoms with Crippen LogP contribution in [0.5, 0.6) is 0 Å². The molecule has 0 bridgehead atoms. The maximum Gasteiger partial charge on any atom is 0.490 e. The summed E-state index contributed by atoms with van der Waals surface area (Å²) in [6.45, 7) is 1.53. The van der Waals surface area contributed by atoms with Gasteiger partial charge in [0, 0.05) is 10.9 Å². The van der Waals surface area contributed by atoms with E-state index in [-0.39, 0.29) is 0 Å². The Hall–Kier alpha value is -1.27. The number of hydrogen-bond acceptors (Lipinski definition) is 3. The molecular weight excluding hydrogens is 313 g/mol. The van der Waals surface area contributed by atoms with Crippen LogP contribution in [0.1, 0.15) is 18.1 Å². The first-order valence-corrected chi connectivity index (χ1v) is 7.01. The summed E-state index contributed by atoms with van der Waals surface area (Å²) in [5.74, 6) is -2.18. The number of thiophene rings is 1. The van der Waals surface area contributed by atoms with Crippen molar-refractivity contribution in [1.29, 1.82) is 0 Å². The molecule has 108 valence electrons. The van der Waals surface area contributed by atoms with E-state index >= 15 is 0 Å². The first kappa shape index (κ1) is 15.1. The Kier molecular flexibility index (Phi) is 4.25. The van der Waals surface area contributed by atoms with Crippen molar-refractivity contribution < 1.29 is 22.7 Å². The Balaban J connectivity index is 2.32. The maximum absolute atomic E-state index is 12.1. The zero-order chi connectivity index (χ0) is 14.9. The van der Waals surface area contributed by atoms with Gasteiger partial charge in [-0.25, -0.2) is 4.79 Å². The molecule has 7 heteroatoms. The van der Waals surface area contributed by atoms with Gasteiger partial charge in [-0.3, -0.25) is 0 Å². The number of carbonyl (C=O) groups is 1. The van der Waals surface area contributed by atoms with Crippen LogP contribution in [0.15, 0.2) is 17.5 Å². The summed E-state index contributed by atoms with van der Waals surface area (Å²) in [6.07, 6.45) is -4.26. The molecule has 0 radical (unpaired) electrons. The molecule has 0 amide bonds. The predicted octanol–water partition coefficient (Wildman–Crippen LogP) is 4.72. The Morgan fingerprint density at radius 1 is 1.35 bits per heavy atom. The molecule has 1 heterocycles. The number of alkyl halides is 3. The smallest absolute Gasteiger partial charge is 0.454 e. The summed E-state index contributed by atoms with van der Waals surface area (Å²) >= 11 is 7.38. The number of aryl methyl sites for hydroxylation is 1. The van der Waals surface area contributed by atoms with Crippen LogP contribution in [0.3, 0.4) is 0 Å². The lowest BCUT2D eigenvalue weighted by molar-refractivity contribution is -0.201. The van der Waals surface area contributed by atoms with Crippen LogP contribution in [-0.2, 0) is 22.6 Å². The average Bonchev–Trinajstić information content (AvgIpc) is 2.80. The fraction of sp³-hybridized carbons (Fsp3) is 0.308. The van der Waals surface area contributed by atoms with Crippen molar-refractivity contribution in [3.05, 3.63) is 33.7 Å². The Morgan fingerprint density at radius 3 is 2.65 bits per heavy atom. The molecule has 0 aliphatic heterocycles. The predicted molar refractivity (Wildman–Crippen MR) is 72.1 cm³/mol. The van der Waals surface area contributed by atoms with Crippen molar-refractivity contribution in [3.8, 4) is 0 Å². The number of carbonyl (C=O) groups excluding carboxylic acids is 1. The molecule has 1 aromatic carbocycles. The summed E-state index contributed by atoms with van der Waals surface area (Å²) in [5, 5.41) is 2.98. The Labute approximate surface area is 122 Å². The number of halogens is 4. The summed E-state index contributed by atoms with van der Waals surface area (Å²) in [6, 6.07) is 3.58. The Morgan fingerprint density at radius 2 is 2.05 bits per heavy atom. The van der Waals surface area contributed by atoms with Crippen molar-refractivity contribution in [2.45, 2.75) is 26.1 Å². The zero-order valence-electron chi connectivity index (χ0n) is 10.4. The van der Waals surface area contributed by atoms with E-state index in [1.165, 1.54) is 11.3 Å². The van der Waals surface area contributed by atoms with Gasteiger partial charge in [-0.1, -0.05) is 24.6 Å². The van der Waals surface area contributed by atoms with Crippen LogP contribution >= 0.6 is 22.9 Å². The third kappa shape index (κ3) is 2.91. The topological polar surface area (TPSA) is 26.3 Å². The molecule has 2 rings (SSSR count). The van der Waals surface area contributed by atoms with Gasteiger partial charge in [-0.2, -0.15) is 13.2 Å². The van der Waals surface area contributed by atoms with Crippen LogP contribution in [0.2, 0.25) is 5.02 Å². The quantitative estimate of drug-likeness (QED) is 0.764. The van der Waals surface area contributed by atoms with E-state index in [9.17, 15) is 18.0 Å². The average molecular weight is 323 g/mol. The summed E-state index contributed by atoms with van der Waals surface area (Å²) < 4.78 is 41.4. The minimum Gasteiger partial charge on any atom is -0.454 e. The molecule has 0 atom stereocenters. The van der Waals surface area contributed by atoms with Crippen LogP contribution < -0.4 is 0 Å². The van der Waals surface area contributed by atoms with E-state index in [0.29, 0.717) is 17.0 Å². The lowest BCUT2D eigenvalue weighted by Crippen LogP contribution is -2.25. The molecule has 0 spiro atoms. The first-order valence-electron chi connectivity index (χ1n) is 5.76. The molecule has 0 N–H and O–H groups in total. The van der Waals surface area contributed by atoms with Gasteiger partial charge in [0.25, 0.3) is 0 Å². The van der Waals surface area contributed by atoms with E-state index < -0.39 is 18.8 Å². The molecule has 2 nitrogen and oxygen atoms in total. The fourth-order valence-corrected chi connectivity index (χ4v) is 3.18. The second-order valence-corrected chi connectivity index (χ2v) is 5.39. The number of fused-ring (bicyclic) bond motifs is 1. The maximum atomic E-state index is 12.1. The van der Waals surface area contributed by atoms with Gasteiger partial charge < -0.3 is 4.74 Å². The summed E-state index contributed by atoms with van der Waals surface area (Å²) in [4.78, 5) is 10.7. The summed E-state index contributed by atoms with van der Waals surface area (Å²) in [5.41, 5.74) is 1.51. The highest BCUT2D eigenvalue weighted by Gasteiger charge is 2.41. The molecule has 20 heavy (non-hydrogen) atoms.